The molecule has 0 fully saturated rings. The minimum atomic E-state index is -0.962. The summed E-state index contributed by atoms with van der Waals surface area (Å²) in [6.45, 7) is 6.10. The molecule has 0 saturated carbocycles. The second-order valence-corrected chi connectivity index (χ2v) is 9.60. The number of nitrogens with one attached hydrogen (secondary N) is 2. The largest absolute Gasteiger partial charge is 0.481 e. The van der Waals surface area contributed by atoms with Crippen LogP contribution in [0, 0.1) is 5.92 Å². The van der Waals surface area contributed by atoms with E-state index in [4.69, 9.17) is 4.74 Å². The molecule has 0 radical (unpaired) electrons. The lowest BCUT2D eigenvalue weighted by Gasteiger charge is -2.24. The van der Waals surface area contributed by atoms with E-state index in [2.05, 4.69) is 34.9 Å². The molecular weight excluding hydrogens is 444 g/mol. The fraction of sp³-hybridized carbons (Fsp3) is 0.464. The van der Waals surface area contributed by atoms with Gasteiger partial charge in [0.25, 0.3) is 0 Å². The van der Waals surface area contributed by atoms with Crippen LogP contribution in [0.4, 0.5) is 4.79 Å². The first-order valence-corrected chi connectivity index (χ1v) is 12.4. The van der Waals surface area contributed by atoms with Gasteiger partial charge in [-0.25, -0.2) is 4.79 Å². The van der Waals surface area contributed by atoms with Crippen molar-refractivity contribution in [1.82, 2.24) is 10.6 Å². The van der Waals surface area contributed by atoms with Gasteiger partial charge >= 0.3 is 12.1 Å². The average molecular weight is 481 g/mol. The molecule has 2 amide bonds. The number of carbonyl (C=O) groups excluding carboxylic acids is 2. The highest BCUT2D eigenvalue weighted by molar-refractivity contribution is 5.86. The van der Waals surface area contributed by atoms with Crippen LogP contribution in [0.2, 0.25) is 0 Å². The first-order chi connectivity index (χ1) is 16.8. The summed E-state index contributed by atoms with van der Waals surface area (Å²) >= 11 is 0. The Kier molecular flexibility index (Phi) is 9.29. The highest BCUT2D eigenvalue weighted by Crippen LogP contribution is 2.44. The number of ether oxygens (including phenoxy) is 1. The van der Waals surface area contributed by atoms with Crippen molar-refractivity contribution in [1.29, 1.82) is 0 Å². The summed E-state index contributed by atoms with van der Waals surface area (Å²) in [7, 11) is 0. The van der Waals surface area contributed by atoms with Crippen molar-refractivity contribution in [2.45, 2.75) is 70.9 Å². The number of benzene rings is 2. The highest BCUT2D eigenvalue weighted by atomic mass is 16.5. The Morgan fingerprint density at radius 1 is 0.971 bits per heavy atom. The van der Waals surface area contributed by atoms with E-state index >= 15 is 0 Å². The number of carboxylic acids is 1. The number of fused-ring (bicyclic) bond motifs is 3. The second-order valence-electron chi connectivity index (χ2n) is 9.60. The predicted octanol–water partition coefficient (Wildman–Crippen LogP) is 5.09. The van der Waals surface area contributed by atoms with E-state index in [9.17, 15) is 19.5 Å². The average Bonchev–Trinajstić information content (AvgIpc) is 3.14. The summed E-state index contributed by atoms with van der Waals surface area (Å²) in [6.07, 6.45) is 1.91. The third-order valence-electron chi connectivity index (χ3n) is 6.33. The Balaban J connectivity index is 1.64. The van der Waals surface area contributed by atoms with Crippen molar-refractivity contribution in [3.8, 4) is 11.1 Å². The summed E-state index contributed by atoms with van der Waals surface area (Å²) in [5.41, 5.74) is 4.52. The molecule has 35 heavy (non-hydrogen) atoms. The molecule has 7 heteroatoms. The van der Waals surface area contributed by atoms with Crippen LogP contribution >= 0.6 is 0 Å². The highest BCUT2D eigenvalue weighted by Gasteiger charge is 2.30. The van der Waals surface area contributed by atoms with E-state index in [-0.39, 0.29) is 30.8 Å². The lowest BCUT2D eigenvalue weighted by molar-refractivity contribution is -0.137. The Bertz CT molecular complexity index is 990. The Labute approximate surface area is 207 Å². The fourth-order valence-electron chi connectivity index (χ4n) is 4.67. The third-order valence-corrected chi connectivity index (χ3v) is 6.33. The number of unbranched alkanes of at least 4 members (excludes halogenated alkanes) is 1. The summed E-state index contributed by atoms with van der Waals surface area (Å²) in [6, 6.07) is 14.9. The number of rotatable bonds is 12. The van der Waals surface area contributed by atoms with Gasteiger partial charge in [-0.05, 0) is 41.0 Å². The molecule has 3 rings (SSSR count). The monoisotopic (exact) mass is 480 g/mol. The SMILES string of the molecule is CCCCC(CC(=O)O)NC(=O)[C@@H](CC(C)C)NC(=O)OCC1c2ccccc2-c2ccccc21. The summed E-state index contributed by atoms with van der Waals surface area (Å²) in [5.74, 6) is -1.27. The van der Waals surface area contributed by atoms with Crippen molar-refractivity contribution in [3.63, 3.8) is 0 Å². The molecule has 3 N–H and O–H groups in total. The van der Waals surface area contributed by atoms with E-state index in [0.717, 1.165) is 35.1 Å². The summed E-state index contributed by atoms with van der Waals surface area (Å²) in [4.78, 5) is 37.0. The van der Waals surface area contributed by atoms with Crippen molar-refractivity contribution in [3.05, 3.63) is 59.7 Å². The minimum absolute atomic E-state index is 0.0699. The predicted molar refractivity (Wildman–Crippen MR) is 135 cm³/mol. The van der Waals surface area contributed by atoms with Gasteiger partial charge < -0.3 is 20.5 Å². The maximum absolute atomic E-state index is 13.0. The smallest absolute Gasteiger partial charge is 0.407 e. The number of aliphatic carboxylic acids is 1. The molecular formula is C28H36N2O5. The van der Waals surface area contributed by atoms with Crippen LogP contribution < -0.4 is 10.6 Å². The van der Waals surface area contributed by atoms with Gasteiger partial charge in [0, 0.05) is 12.0 Å². The zero-order valence-electron chi connectivity index (χ0n) is 20.8. The van der Waals surface area contributed by atoms with E-state index in [1.807, 2.05) is 45.0 Å². The number of hydrogen-bond acceptors (Lipinski definition) is 4. The lowest BCUT2D eigenvalue weighted by atomic mass is 9.98. The number of carbonyl (C=O) groups is 3. The van der Waals surface area contributed by atoms with Crippen molar-refractivity contribution in [2.75, 3.05) is 6.61 Å². The molecule has 7 nitrogen and oxygen atoms in total. The quantitative estimate of drug-likeness (QED) is 0.392. The molecule has 0 bridgehead atoms. The molecule has 1 unspecified atom stereocenters. The van der Waals surface area contributed by atoms with Gasteiger partial charge in [-0.2, -0.15) is 0 Å². The van der Waals surface area contributed by atoms with Gasteiger partial charge in [0.05, 0.1) is 6.42 Å². The van der Waals surface area contributed by atoms with Crippen molar-refractivity contribution in [2.24, 2.45) is 5.92 Å². The van der Waals surface area contributed by atoms with E-state index in [1.165, 1.54) is 0 Å². The Hall–Kier alpha value is -3.35. The zero-order chi connectivity index (χ0) is 25.4. The van der Waals surface area contributed by atoms with Gasteiger partial charge in [0.2, 0.25) is 5.91 Å². The van der Waals surface area contributed by atoms with E-state index < -0.39 is 24.1 Å². The third kappa shape index (κ3) is 7.07. The standard InChI is InChI=1S/C28H36N2O5/c1-4-5-10-19(16-26(31)32)29-27(33)25(15-18(2)3)30-28(34)35-17-24-22-13-8-6-11-20(22)21-12-7-9-14-23(21)24/h6-9,11-14,18-19,24-25H,4-5,10,15-17H2,1-3H3,(H,29,33)(H,30,34)(H,31,32)/t19?,25-/m1/s1. The molecule has 1 aliphatic carbocycles. The minimum Gasteiger partial charge on any atom is -0.481 e. The van der Waals surface area contributed by atoms with Gasteiger partial charge in [0.1, 0.15) is 12.6 Å². The normalized spacial score (nSPS) is 14.1. The molecule has 0 aliphatic heterocycles. The number of amides is 2. The molecule has 0 spiro atoms. The van der Waals surface area contributed by atoms with Crippen LogP contribution in [0.1, 0.15) is 69.9 Å². The van der Waals surface area contributed by atoms with Crippen molar-refractivity contribution >= 4 is 18.0 Å². The number of carboxylic acid groups (broad SMARTS) is 1. The Morgan fingerprint density at radius 3 is 2.11 bits per heavy atom. The molecule has 0 saturated heterocycles. The van der Waals surface area contributed by atoms with Crippen LogP contribution in [-0.2, 0) is 14.3 Å². The number of alkyl carbamates (subject to hydrolysis) is 1. The van der Waals surface area contributed by atoms with E-state index in [1.54, 1.807) is 0 Å². The summed E-state index contributed by atoms with van der Waals surface area (Å²) in [5, 5.41) is 14.7. The topological polar surface area (TPSA) is 105 Å². The van der Waals surface area contributed by atoms with Gasteiger partial charge in [-0.15, -0.1) is 0 Å². The second kappa shape index (κ2) is 12.4. The van der Waals surface area contributed by atoms with Crippen LogP contribution in [0.3, 0.4) is 0 Å². The molecule has 1 aliphatic rings. The molecule has 2 aromatic rings. The van der Waals surface area contributed by atoms with Crippen LogP contribution in [0.5, 0.6) is 0 Å². The maximum atomic E-state index is 13.0. The van der Waals surface area contributed by atoms with Gasteiger partial charge in [-0.1, -0.05) is 82.1 Å². The maximum Gasteiger partial charge on any atom is 0.407 e. The lowest BCUT2D eigenvalue weighted by Crippen LogP contribution is -2.50. The van der Waals surface area contributed by atoms with Crippen LogP contribution in [0.15, 0.2) is 48.5 Å². The molecule has 0 heterocycles. The zero-order valence-corrected chi connectivity index (χ0v) is 20.8. The van der Waals surface area contributed by atoms with Crippen LogP contribution in [0.25, 0.3) is 11.1 Å². The molecule has 0 aromatic heterocycles. The van der Waals surface area contributed by atoms with Gasteiger partial charge in [0.15, 0.2) is 0 Å². The van der Waals surface area contributed by atoms with Crippen molar-refractivity contribution < 1.29 is 24.2 Å². The summed E-state index contributed by atoms with van der Waals surface area (Å²) < 4.78 is 5.61. The molecule has 188 valence electrons. The first-order valence-electron chi connectivity index (χ1n) is 12.4. The van der Waals surface area contributed by atoms with Gasteiger partial charge in [-0.3, -0.25) is 9.59 Å². The van der Waals surface area contributed by atoms with Crippen LogP contribution in [-0.4, -0.2) is 41.8 Å². The molecule has 2 aromatic carbocycles. The van der Waals surface area contributed by atoms with E-state index in [0.29, 0.717) is 12.8 Å². The number of hydrogen-bond donors (Lipinski definition) is 3. The molecule has 2 atom stereocenters. The Morgan fingerprint density at radius 2 is 1.57 bits per heavy atom. The first kappa shape index (κ1) is 26.3. The fourth-order valence-corrected chi connectivity index (χ4v) is 4.67.